The summed E-state index contributed by atoms with van der Waals surface area (Å²) in [5, 5.41) is 0. The Morgan fingerprint density at radius 3 is 2.46 bits per heavy atom. The van der Waals surface area contributed by atoms with Crippen molar-refractivity contribution in [1.29, 1.82) is 0 Å². The predicted octanol–water partition coefficient (Wildman–Crippen LogP) is 1.10. The molecule has 0 aromatic heterocycles. The van der Waals surface area contributed by atoms with E-state index in [1.807, 2.05) is 0 Å². The van der Waals surface area contributed by atoms with Crippen LogP contribution in [-0.4, -0.2) is 23.9 Å². The molecule has 1 rings (SSSR count). The first kappa shape index (κ1) is 10.0. The van der Waals surface area contributed by atoms with E-state index in [1.165, 1.54) is 26.3 Å². The number of primary amides is 1. The largest absolute Gasteiger partial charge is 0.351 e. The Labute approximate surface area is 78.1 Å². The number of hydrogen-bond donors (Lipinski definition) is 1. The zero-order valence-corrected chi connectivity index (χ0v) is 7.95. The van der Waals surface area contributed by atoms with Gasteiger partial charge in [0.1, 0.15) is 0 Å². The molecule has 4 heteroatoms. The summed E-state index contributed by atoms with van der Waals surface area (Å²) in [6.07, 6.45) is 5.09. The molecule has 0 heterocycles. The van der Waals surface area contributed by atoms with Gasteiger partial charge in [0.05, 0.1) is 0 Å². The third-order valence-corrected chi connectivity index (χ3v) is 2.70. The molecule has 13 heavy (non-hydrogen) atoms. The van der Waals surface area contributed by atoms with Crippen molar-refractivity contribution in [3.8, 4) is 0 Å². The average molecular weight is 184 g/mol. The van der Waals surface area contributed by atoms with Gasteiger partial charge in [-0.3, -0.25) is 9.69 Å². The Morgan fingerprint density at radius 1 is 1.46 bits per heavy atom. The molecule has 0 atom stereocenters. The van der Waals surface area contributed by atoms with Crippen molar-refractivity contribution in [2.24, 2.45) is 11.7 Å². The van der Waals surface area contributed by atoms with Crippen molar-refractivity contribution < 1.29 is 9.59 Å². The van der Waals surface area contributed by atoms with E-state index in [1.54, 1.807) is 0 Å². The number of nitrogens with two attached hydrogens (primary N) is 1. The molecule has 1 aliphatic carbocycles. The molecular formula is C9H16N2O2. The van der Waals surface area contributed by atoms with E-state index in [0.29, 0.717) is 12.3 Å². The summed E-state index contributed by atoms with van der Waals surface area (Å²) in [4.78, 5) is 22.8. The van der Waals surface area contributed by atoms with Crippen molar-refractivity contribution >= 4 is 11.9 Å². The van der Waals surface area contributed by atoms with Gasteiger partial charge in [0.25, 0.3) is 0 Å². The summed E-state index contributed by atoms with van der Waals surface area (Å²) in [5.74, 6) is 0.532. The lowest BCUT2D eigenvalue weighted by atomic mass is 9.82. The number of rotatable bonds is 3. The van der Waals surface area contributed by atoms with Gasteiger partial charge in [-0.15, -0.1) is 0 Å². The molecule has 74 valence electrons. The van der Waals surface area contributed by atoms with Crippen LogP contribution in [-0.2, 0) is 4.79 Å². The number of carbonyl (C=O) groups excluding carboxylic acids is 2. The van der Waals surface area contributed by atoms with E-state index in [0.717, 1.165) is 11.3 Å². The van der Waals surface area contributed by atoms with Gasteiger partial charge in [-0.1, -0.05) is 19.3 Å². The van der Waals surface area contributed by atoms with E-state index >= 15 is 0 Å². The second-order valence-corrected chi connectivity index (χ2v) is 3.63. The molecule has 3 amide bonds. The molecule has 0 spiro atoms. The van der Waals surface area contributed by atoms with Crippen LogP contribution in [0.4, 0.5) is 4.79 Å². The zero-order valence-electron chi connectivity index (χ0n) is 7.95. The van der Waals surface area contributed by atoms with E-state index in [9.17, 15) is 9.59 Å². The van der Waals surface area contributed by atoms with Gasteiger partial charge in [0.15, 0.2) is 0 Å². The van der Waals surface area contributed by atoms with Gasteiger partial charge in [0, 0.05) is 13.5 Å². The van der Waals surface area contributed by atoms with Gasteiger partial charge in [0.2, 0.25) is 5.91 Å². The lowest BCUT2D eigenvalue weighted by Crippen LogP contribution is -2.37. The zero-order chi connectivity index (χ0) is 9.84. The Bertz CT molecular complexity index is 212. The van der Waals surface area contributed by atoms with Crippen LogP contribution in [0.2, 0.25) is 0 Å². The summed E-state index contributed by atoms with van der Waals surface area (Å²) in [7, 11) is 1.42. The standard InChI is InChI=1S/C9H16N2O2/c1-11(9(10)13)8(12)6-5-7-3-2-4-7/h7H,2-6H2,1H3,(H2,10,13). The number of urea groups is 1. The van der Waals surface area contributed by atoms with Crippen molar-refractivity contribution in [1.82, 2.24) is 4.90 Å². The summed E-state index contributed by atoms with van der Waals surface area (Å²) >= 11 is 0. The van der Waals surface area contributed by atoms with Gasteiger partial charge < -0.3 is 5.73 Å². The number of carbonyl (C=O) groups is 2. The molecule has 0 aromatic carbocycles. The fraction of sp³-hybridized carbons (Fsp3) is 0.778. The van der Waals surface area contributed by atoms with E-state index in [2.05, 4.69) is 0 Å². The summed E-state index contributed by atoms with van der Waals surface area (Å²) in [6.45, 7) is 0. The summed E-state index contributed by atoms with van der Waals surface area (Å²) < 4.78 is 0. The number of nitrogens with zero attached hydrogens (tertiary/aromatic N) is 1. The molecule has 0 saturated heterocycles. The third kappa shape index (κ3) is 2.72. The second kappa shape index (κ2) is 4.25. The fourth-order valence-corrected chi connectivity index (χ4v) is 1.40. The van der Waals surface area contributed by atoms with Crippen LogP contribution in [0.25, 0.3) is 0 Å². The minimum atomic E-state index is -0.668. The van der Waals surface area contributed by atoms with Crippen molar-refractivity contribution in [3.05, 3.63) is 0 Å². The molecular weight excluding hydrogens is 168 g/mol. The Morgan fingerprint density at radius 2 is 2.08 bits per heavy atom. The van der Waals surface area contributed by atoms with Crippen LogP contribution >= 0.6 is 0 Å². The number of amides is 3. The fourth-order valence-electron chi connectivity index (χ4n) is 1.40. The lowest BCUT2D eigenvalue weighted by Gasteiger charge is -2.25. The van der Waals surface area contributed by atoms with Crippen molar-refractivity contribution in [2.45, 2.75) is 32.1 Å². The minimum Gasteiger partial charge on any atom is -0.351 e. The Kier molecular flexibility index (Phi) is 3.28. The maximum atomic E-state index is 11.3. The van der Waals surface area contributed by atoms with Crippen molar-refractivity contribution in [2.75, 3.05) is 7.05 Å². The highest BCUT2D eigenvalue weighted by Gasteiger charge is 2.20. The summed E-state index contributed by atoms with van der Waals surface area (Å²) in [5.41, 5.74) is 4.96. The quantitative estimate of drug-likeness (QED) is 0.714. The molecule has 0 radical (unpaired) electrons. The molecule has 0 unspecified atom stereocenters. The van der Waals surface area contributed by atoms with E-state index in [-0.39, 0.29) is 5.91 Å². The second-order valence-electron chi connectivity index (χ2n) is 3.63. The predicted molar refractivity (Wildman–Crippen MR) is 48.9 cm³/mol. The Hall–Kier alpha value is -1.06. The number of hydrogen-bond acceptors (Lipinski definition) is 2. The third-order valence-electron chi connectivity index (χ3n) is 2.70. The van der Waals surface area contributed by atoms with Crippen LogP contribution < -0.4 is 5.73 Å². The molecule has 4 nitrogen and oxygen atoms in total. The van der Waals surface area contributed by atoms with Crippen molar-refractivity contribution in [3.63, 3.8) is 0 Å². The van der Waals surface area contributed by atoms with Gasteiger partial charge >= 0.3 is 6.03 Å². The van der Waals surface area contributed by atoms with Crippen LogP contribution in [0.3, 0.4) is 0 Å². The first-order valence-corrected chi connectivity index (χ1v) is 4.67. The van der Waals surface area contributed by atoms with Crippen LogP contribution in [0, 0.1) is 5.92 Å². The molecule has 0 aromatic rings. The van der Waals surface area contributed by atoms with Gasteiger partial charge in [-0.05, 0) is 12.3 Å². The first-order valence-electron chi connectivity index (χ1n) is 4.67. The average Bonchev–Trinajstić information content (AvgIpc) is 1.99. The SMILES string of the molecule is CN(C(N)=O)C(=O)CCC1CCC1. The maximum Gasteiger partial charge on any atom is 0.321 e. The smallest absolute Gasteiger partial charge is 0.321 e. The lowest BCUT2D eigenvalue weighted by molar-refractivity contribution is -0.127. The summed E-state index contributed by atoms with van der Waals surface area (Å²) in [6, 6.07) is -0.668. The number of imide groups is 1. The monoisotopic (exact) mass is 184 g/mol. The van der Waals surface area contributed by atoms with Crippen LogP contribution in [0.5, 0.6) is 0 Å². The molecule has 1 fully saturated rings. The normalized spacial score (nSPS) is 16.4. The topological polar surface area (TPSA) is 63.4 Å². The van der Waals surface area contributed by atoms with Gasteiger partial charge in [-0.2, -0.15) is 0 Å². The molecule has 1 saturated carbocycles. The van der Waals surface area contributed by atoms with Crippen LogP contribution in [0.1, 0.15) is 32.1 Å². The highest BCUT2D eigenvalue weighted by Crippen LogP contribution is 2.30. The van der Waals surface area contributed by atoms with E-state index < -0.39 is 6.03 Å². The molecule has 1 aliphatic rings. The molecule has 0 aliphatic heterocycles. The minimum absolute atomic E-state index is 0.167. The molecule has 0 bridgehead atoms. The van der Waals surface area contributed by atoms with Crippen LogP contribution in [0.15, 0.2) is 0 Å². The maximum absolute atomic E-state index is 11.3. The first-order chi connectivity index (χ1) is 6.11. The highest BCUT2D eigenvalue weighted by atomic mass is 16.2. The molecule has 2 N–H and O–H groups in total. The Balaban J connectivity index is 2.19. The van der Waals surface area contributed by atoms with Gasteiger partial charge in [-0.25, -0.2) is 4.79 Å². The van der Waals surface area contributed by atoms with E-state index in [4.69, 9.17) is 5.73 Å². The highest BCUT2D eigenvalue weighted by molar-refractivity contribution is 5.93.